The number of carbonyl (C=O) groups excluding carboxylic acids is 2. The highest BCUT2D eigenvalue weighted by Crippen LogP contribution is 2.40. The van der Waals surface area contributed by atoms with Gasteiger partial charge in [-0.3, -0.25) is 9.59 Å². The molecule has 2 aliphatic rings. The van der Waals surface area contributed by atoms with E-state index in [1.807, 2.05) is 25.2 Å². The van der Waals surface area contributed by atoms with E-state index in [4.69, 9.17) is 0 Å². The van der Waals surface area contributed by atoms with Crippen LogP contribution in [0, 0.1) is 5.41 Å². The van der Waals surface area contributed by atoms with Crippen molar-refractivity contribution >= 4 is 27.8 Å². The van der Waals surface area contributed by atoms with Gasteiger partial charge in [0.05, 0.1) is 0 Å². The predicted octanol–water partition coefficient (Wildman–Crippen LogP) is 6.35. The highest BCUT2D eigenvalue weighted by molar-refractivity contribution is 8.28. The van der Waals surface area contributed by atoms with Crippen LogP contribution in [-0.4, -0.2) is 16.1 Å². The van der Waals surface area contributed by atoms with Crippen LogP contribution in [-0.2, 0) is 4.79 Å². The van der Waals surface area contributed by atoms with Crippen LogP contribution in [0.1, 0.15) is 53.9 Å². The molecule has 2 rings (SSSR count). The molecule has 0 radical (unpaired) electrons. The van der Waals surface area contributed by atoms with E-state index in [1.54, 1.807) is 6.08 Å². The van der Waals surface area contributed by atoms with E-state index in [1.165, 1.54) is 30.4 Å². The first-order valence-electron chi connectivity index (χ1n) is 8.95. The molecule has 138 valence electrons. The molecule has 0 bridgehead atoms. The van der Waals surface area contributed by atoms with Crippen molar-refractivity contribution in [1.82, 2.24) is 0 Å². The van der Waals surface area contributed by atoms with Crippen LogP contribution in [0.4, 0.5) is 4.79 Å². The summed E-state index contributed by atoms with van der Waals surface area (Å²) in [6.45, 7) is 10.8. The van der Waals surface area contributed by atoms with Gasteiger partial charge in [-0.1, -0.05) is 55.4 Å². The van der Waals surface area contributed by atoms with Gasteiger partial charge in [-0.25, -0.2) is 0 Å². The van der Waals surface area contributed by atoms with Crippen molar-refractivity contribution in [2.24, 2.45) is 10.4 Å². The number of amides is 1. The number of thioether (sulfide) groups is 1. The van der Waals surface area contributed by atoms with Gasteiger partial charge in [0.15, 0.2) is 0 Å². The van der Waals surface area contributed by atoms with Gasteiger partial charge in [0, 0.05) is 11.8 Å². The minimum atomic E-state index is -0.436. The van der Waals surface area contributed by atoms with Gasteiger partial charge in [-0.15, -0.1) is 0 Å². The number of allylic oxidation sites excluding steroid dienone is 10. The molecule has 0 fully saturated rings. The van der Waals surface area contributed by atoms with Gasteiger partial charge in [-0.2, -0.15) is 4.99 Å². The number of aliphatic imine (C=N–C) groups is 1. The SMILES string of the molecule is CC1=C(/C=C/C(C)=C/C=C/C(C)=C/C2=NC(=O)SC2=O)C(C)(C)CCC1. The molecule has 0 aromatic carbocycles. The third-order valence-corrected chi connectivity index (χ3v) is 5.40. The minimum absolute atomic E-state index is 0.227. The Morgan fingerprint density at radius 3 is 2.50 bits per heavy atom. The molecule has 0 saturated heterocycles. The van der Waals surface area contributed by atoms with Gasteiger partial charge in [-0.05, 0) is 62.7 Å². The molecule has 0 unspecified atom stereocenters. The Balaban J connectivity index is 2.04. The van der Waals surface area contributed by atoms with E-state index < -0.39 is 5.24 Å². The van der Waals surface area contributed by atoms with Crippen molar-refractivity contribution in [3.05, 3.63) is 58.7 Å². The van der Waals surface area contributed by atoms with Gasteiger partial charge >= 0.3 is 5.24 Å². The normalized spacial score (nSPS) is 22.1. The molecule has 0 atom stereocenters. The van der Waals surface area contributed by atoms with Crippen molar-refractivity contribution in [2.45, 2.75) is 53.9 Å². The Morgan fingerprint density at radius 2 is 1.88 bits per heavy atom. The Morgan fingerprint density at radius 1 is 1.15 bits per heavy atom. The van der Waals surface area contributed by atoms with Crippen molar-refractivity contribution in [3.63, 3.8) is 0 Å². The minimum Gasteiger partial charge on any atom is -0.279 e. The molecule has 3 nitrogen and oxygen atoms in total. The van der Waals surface area contributed by atoms with Crippen molar-refractivity contribution in [2.75, 3.05) is 0 Å². The summed E-state index contributed by atoms with van der Waals surface area (Å²) in [6.07, 6.45) is 15.7. The number of hydrogen-bond acceptors (Lipinski definition) is 3. The third-order valence-electron chi connectivity index (χ3n) is 4.74. The molecular weight excluding hydrogens is 342 g/mol. The Kier molecular flexibility index (Phi) is 6.76. The smallest absolute Gasteiger partial charge is 0.279 e. The maximum atomic E-state index is 11.5. The van der Waals surface area contributed by atoms with Crippen LogP contribution in [0.15, 0.2) is 63.7 Å². The molecular formula is C22H27NO2S. The standard InChI is InChI=1S/C22H27NO2S/c1-15(11-12-18-17(3)10-7-13-22(18,4)5)8-6-9-16(2)14-19-20(24)26-21(25)23-19/h6,8-9,11-12,14H,7,10,13H2,1-5H3/b9-6+,12-11+,15-8+,16-14+. The van der Waals surface area contributed by atoms with Gasteiger partial charge in [0.2, 0.25) is 5.12 Å². The molecule has 0 saturated carbocycles. The van der Waals surface area contributed by atoms with Gasteiger partial charge in [0.25, 0.3) is 0 Å². The lowest BCUT2D eigenvalue weighted by molar-refractivity contribution is -0.105. The lowest BCUT2D eigenvalue weighted by Crippen LogP contribution is -2.19. The number of hydrogen-bond donors (Lipinski definition) is 0. The highest BCUT2D eigenvalue weighted by atomic mass is 32.2. The van der Waals surface area contributed by atoms with Crippen LogP contribution < -0.4 is 0 Å². The van der Waals surface area contributed by atoms with E-state index in [2.05, 4.69) is 44.8 Å². The summed E-state index contributed by atoms with van der Waals surface area (Å²) in [5.74, 6) is 0. The maximum Gasteiger partial charge on any atom is 0.313 e. The summed E-state index contributed by atoms with van der Waals surface area (Å²) in [5, 5.41) is -0.717. The third kappa shape index (κ3) is 5.53. The van der Waals surface area contributed by atoms with E-state index in [-0.39, 0.29) is 16.2 Å². The lowest BCUT2D eigenvalue weighted by Gasteiger charge is -2.32. The van der Waals surface area contributed by atoms with Crippen LogP contribution in [0.2, 0.25) is 0 Å². The van der Waals surface area contributed by atoms with Crippen LogP contribution >= 0.6 is 11.8 Å². The van der Waals surface area contributed by atoms with Crippen LogP contribution in [0.5, 0.6) is 0 Å². The summed E-state index contributed by atoms with van der Waals surface area (Å²) >= 11 is 0.644. The zero-order valence-electron chi connectivity index (χ0n) is 16.3. The summed E-state index contributed by atoms with van der Waals surface area (Å²) in [4.78, 5) is 26.3. The number of rotatable bonds is 5. The van der Waals surface area contributed by atoms with Crippen molar-refractivity contribution in [1.29, 1.82) is 0 Å². The molecule has 1 aliphatic heterocycles. The quantitative estimate of drug-likeness (QED) is 0.530. The fourth-order valence-corrected chi connectivity index (χ4v) is 3.80. The first-order chi connectivity index (χ1) is 12.2. The first kappa shape index (κ1) is 20.4. The second-order valence-electron chi connectivity index (χ2n) is 7.58. The Labute approximate surface area is 160 Å². The number of carbonyl (C=O) groups is 2. The largest absolute Gasteiger partial charge is 0.313 e. The van der Waals surface area contributed by atoms with Crippen LogP contribution in [0.25, 0.3) is 0 Å². The predicted molar refractivity (Wildman–Crippen MR) is 112 cm³/mol. The van der Waals surface area contributed by atoms with Crippen molar-refractivity contribution < 1.29 is 9.59 Å². The Hall–Kier alpha value is -1.94. The maximum absolute atomic E-state index is 11.5. The lowest BCUT2D eigenvalue weighted by atomic mass is 9.72. The topological polar surface area (TPSA) is 46.5 Å². The van der Waals surface area contributed by atoms with Crippen LogP contribution in [0.3, 0.4) is 0 Å². The zero-order valence-corrected chi connectivity index (χ0v) is 17.1. The Bertz CT molecular complexity index is 789. The molecule has 26 heavy (non-hydrogen) atoms. The van der Waals surface area contributed by atoms with E-state index in [9.17, 15) is 9.59 Å². The second kappa shape index (κ2) is 8.63. The average molecular weight is 370 g/mol. The molecule has 1 aliphatic carbocycles. The van der Waals surface area contributed by atoms with E-state index in [0.717, 1.165) is 11.1 Å². The van der Waals surface area contributed by atoms with Crippen molar-refractivity contribution in [3.8, 4) is 0 Å². The number of nitrogens with zero attached hydrogens (tertiary/aromatic N) is 1. The molecule has 0 aromatic heterocycles. The van der Waals surface area contributed by atoms with Gasteiger partial charge in [0.1, 0.15) is 5.71 Å². The summed E-state index contributed by atoms with van der Waals surface area (Å²) in [6, 6.07) is 0. The first-order valence-corrected chi connectivity index (χ1v) is 9.77. The zero-order chi connectivity index (χ0) is 19.3. The molecule has 4 heteroatoms. The molecule has 0 spiro atoms. The summed E-state index contributed by atoms with van der Waals surface area (Å²) < 4.78 is 0. The molecule has 1 amide bonds. The fourth-order valence-electron chi connectivity index (χ4n) is 3.29. The molecule has 0 N–H and O–H groups in total. The molecule has 1 heterocycles. The molecule has 0 aromatic rings. The highest BCUT2D eigenvalue weighted by Gasteiger charge is 2.26. The summed E-state index contributed by atoms with van der Waals surface area (Å²) in [7, 11) is 0. The second-order valence-corrected chi connectivity index (χ2v) is 8.50. The van der Waals surface area contributed by atoms with E-state index in [0.29, 0.717) is 11.8 Å². The fraction of sp³-hybridized carbons (Fsp3) is 0.409. The van der Waals surface area contributed by atoms with Gasteiger partial charge < -0.3 is 0 Å². The van der Waals surface area contributed by atoms with E-state index >= 15 is 0 Å². The average Bonchev–Trinajstić information content (AvgIpc) is 2.83. The monoisotopic (exact) mass is 369 g/mol. The summed E-state index contributed by atoms with van der Waals surface area (Å²) in [5.41, 5.74) is 5.47.